The van der Waals surface area contributed by atoms with Gasteiger partial charge in [-0.3, -0.25) is 0 Å². The lowest BCUT2D eigenvalue weighted by molar-refractivity contribution is 0.0576. The van der Waals surface area contributed by atoms with Crippen LogP contribution in [0.1, 0.15) is 18.1 Å². The summed E-state index contributed by atoms with van der Waals surface area (Å²) in [5.41, 5.74) is 0.454. The minimum Gasteiger partial charge on any atom is -0.385 e. The predicted molar refractivity (Wildman–Crippen MR) is 76.1 cm³/mol. The first-order valence-corrected chi connectivity index (χ1v) is 6.56. The Hall–Kier alpha value is -1.09. The summed E-state index contributed by atoms with van der Waals surface area (Å²) in [5.74, 6) is -0.462. The van der Waals surface area contributed by atoms with E-state index in [9.17, 15) is 9.50 Å². The topological polar surface area (TPSA) is 20.2 Å². The van der Waals surface area contributed by atoms with Gasteiger partial charge in [-0.2, -0.15) is 0 Å². The van der Waals surface area contributed by atoms with Gasteiger partial charge in [-0.15, -0.1) is 0 Å². The molecule has 0 amide bonds. The summed E-state index contributed by atoms with van der Waals surface area (Å²) in [6.07, 6.45) is 0.342. The van der Waals surface area contributed by atoms with Gasteiger partial charge in [-0.25, -0.2) is 4.39 Å². The molecular weight excluding hydrogens is 286 g/mol. The molecular formula is C15H13Cl2FO. The number of rotatable bonds is 3. The van der Waals surface area contributed by atoms with Crippen molar-refractivity contribution in [1.82, 2.24) is 0 Å². The number of aliphatic hydroxyl groups is 1. The Morgan fingerprint density at radius 3 is 2.32 bits per heavy atom. The summed E-state index contributed by atoms with van der Waals surface area (Å²) >= 11 is 11.6. The van der Waals surface area contributed by atoms with Crippen LogP contribution in [0.2, 0.25) is 10.0 Å². The summed E-state index contributed by atoms with van der Waals surface area (Å²) in [6.45, 7) is 1.70. The number of halogens is 3. The SMILES string of the molecule is CC(O)(Cc1ccc(F)c(Cl)c1)c1ccc(Cl)cc1. The fourth-order valence-electron chi connectivity index (χ4n) is 1.96. The predicted octanol–water partition coefficient (Wildman–Crippen LogP) is 4.58. The van der Waals surface area contributed by atoms with Gasteiger partial charge in [-0.1, -0.05) is 41.4 Å². The Balaban J connectivity index is 2.25. The molecule has 0 aliphatic heterocycles. The molecule has 1 N–H and O–H groups in total. The fraction of sp³-hybridized carbons (Fsp3) is 0.200. The van der Waals surface area contributed by atoms with Crippen molar-refractivity contribution in [3.05, 3.63) is 69.5 Å². The third-order valence-corrected chi connectivity index (χ3v) is 3.54. The van der Waals surface area contributed by atoms with Crippen LogP contribution >= 0.6 is 23.2 Å². The molecule has 1 nitrogen and oxygen atoms in total. The molecule has 100 valence electrons. The molecule has 0 radical (unpaired) electrons. The van der Waals surface area contributed by atoms with E-state index in [1.807, 2.05) is 0 Å². The fourth-order valence-corrected chi connectivity index (χ4v) is 2.29. The third-order valence-electron chi connectivity index (χ3n) is 3.00. The first kappa shape index (κ1) is 14.3. The Bertz CT molecular complexity index is 579. The van der Waals surface area contributed by atoms with Crippen molar-refractivity contribution in [2.24, 2.45) is 0 Å². The molecule has 0 saturated heterocycles. The second-order valence-electron chi connectivity index (χ2n) is 4.71. The number of hydrogen-bond donors (Lipinski definition) is 1. The van der Waals surface area contributed by atoms with Gasteiger partial charge >= 0.3 is 0 Å². The van der Waals surface area contributed by atoms with Gasteiger partial charge in [0, 0.05) is 11.4 Å². The molecule has 2 rings (SSSR count). The standard InChI is InChI=1S/C15H13Cl2FO/c1-15(19,11-3-5-12(16)6-4-11)9-10-2-7-14(18)13(17)8-10/h2-8,19H,9H2,1H3. The van der Waals surface area contributed by atoms with Crippen LogP contribution in [0.4, 0.5) is 4.39 Å². The molecule has 0 fully saturated rings. The molecule has 19 heavy (non-hydrogen) atoms. The molecule has 1 atom stereocenters. The lowest BCUT2D eigenvalue weighted by Crippen LogP contribution is -2.24. The van der Waals surface area contributed by atoms with E-state index in [-0.39, 0.29) is 5.02 Å². The average molecular weight is 299 g/mol. The van der Waals surface area contributed by atoms with E-state index >= 15 is 0 Å². The highest BCUT2D eigenvalue weighted by Crippen LogP contribution is 2.28. The van der Waals surface area contributed by atoms with Gasteiger partial charge in [0.1, 0.15) is 5.82 Å². The molecule has 0 bridgehead atoms. The zero-order valence-electron chi connectivity index (χ0n) is 10.3. The Kier molecular flexibility index (Phi) is 4.14. The zero-order valence-corrected chi connectivity index (χ0v) is 11.8. The molecule has 0 saturated carbocycles. The van der Waals surface area contributed by atoms with E-state index in [2.05, 4.69) is 0 Å². The van der Waals surface area contributed by atoms with Crippen molar-refractivity contribution < 1.29 is 9.50 Å². The zero-order chi connectivity index (χ0) is 14.0. The minimum absolute atomic E-state index is 0.0596. The average Bonchev–Trinajstić information content (AvgIpc) is 2.34. The molecule has 4 heteroatoms. The van der Waals surface area contributed by atoms with Crippen LogP contribution in [0.3, 0.4) is 0 Å². The molecule has 0 aliphatic carbocycles. The lowest BCUT2D eigenvalue weighted by Gasteiger charge is -2.24. The number of benzene rings is 2. The van der Waals surface area contributed by atoms with E-state index < -0.39 is 11.4 Å². The van der Waals surface area contributed by atoms with Crippen molar-refractivity contribution in [3.63, 3.8) is 0 Å². The van der Waals surface area contributed by atoms with Gasteiger partial charge in [0.2, 0.25) is 0 Å². The van der Waals surface area contributed by atoms with Gasteiger partial charge in [0.05, 0.1) is 10.6 Å². The van der Waals surface area contributed by atoms with Crippen molar-refractivity contribution in [2.45, 2.75) is 18.9 Å². The second kappa shape index (κ2) is 5.49. The van der Waals surface area contributed by atoms with E-state index in [4.69, 9.17) is 23.2 Å². The van der Waals surface area contributed by atoms with Crippen LogP contribution in [-0.4, -0.2) is 5.11 Å². The molecule has 0 spiro atoms. The van der Waals surface area contributed by atoms with Gasteiger partial charge in [-0.05, 0) is 42.3 Å². The van der Waals surface area contributed by atoms with Crippen molar-refractivity contribution >= 4 is 23.2 Å². The third kappa shape index (κ3) is 3.47. The van der Waals surface area contributed by atoms with Gasteiger partial charge < -0.3 is 5.11 Å². The van der Waals surface area contributed by atoms with Crippen molar-refractivity contribution in [3.8, 4) is 0 Å². The van der Waals surface area contributed by atoms with Gasteiger partial charge in [0.15, 0.2) is 0 Å². The Morgan fingerprint density at radius 1 is 1.11 bits per heavy atom. The first-order chi connectivity index (χ1) is 8.88. The summed E-state index contributed by atoms with van der Waals surface area (Å²) in [5, 5.41) is 11.2. The Morgan fingerprint density at radius 2 is 1.74 bits per heavy atom. The maximum Gasteiger partial charge on any atom is 0.141 e. The normalized spacial score (nSPS) is 14.2. The second-order valence-corrected chi connectivity index (χ2v) is 5.55. The van der Waals surface area contributed by atoms with E-state index in [1.54, 1.807) is 37.3 Å². The largest absolute Gasteiger partial charge is 0.385 e. The van der Waals surface area contributed by atoms with Crippen molar-refractivity contribution in [2.75, 3.05) is 0 Å². The van der Waals surface area contributed by atoms with Gasteiger partial charge in [0.25, 0.3) is 0 Å². The molecule has 0 aliphatic rings. The highest BCUT2D eigenvalue weighted by Gasteiger charge is 2.23. The summed E-state index contributed by atoms with van der Waals surface area (Å²) < 4.78 is 13.1. The first-order valence-electron chi connectivity index (χ1n) is 5.81. The van der Waals surface area contributed by atoms with Crippen LogP contribution in [-0.2, 0) is 12.0 Å². The summed E-state index contributed by atoms with van der Waals surface area (Å²) in [4.78, 5) is 0. The highest BCUT2D eigenvalue weighted by molar-refractivity contribution is 6.31. The van der Waals surface area contributed by atoms with E-state index in [1.165, 1.54) is 12.1 Å². The molecule has 1 unspecified atom stereocenters. The summed E-state index contributed by atoms with van der Waals surface area (Å²) in [7, 11) is 0. The molecule has 0 aromatic heterocycles. The van der Waals surface area contributed by atoms with E-state index in [0.29, 0.717) is 11.4 Å². The molecule has 2 aromatic carbocycles. The minimum atomic E-state index is -1.06. The molecule has 2 aromatic rings. The maximum atomic E-state index is 13.1. The van der Waals surface area contributed by atoms with Crippen LogP contribution in [0.25, 0.3) is 0 Å². The monoisotopic (exact) mass is 298 g/mol. The Labute approximate surface area is 121 Å². The highest BCUT2D eigenvalue weighted by atomic mass is 35.5. The molecule has 0 heterocycles. The van der Waals surface area contributed by atoms with Crippen LogP contribution in [0.15, 0.2) is 42.5 Å². The lowest BCUT2D eigenvalue weighted by atomic mass is 9.89. The smallest absolute Gasteiger partial charge is 0.141 e. The summed E-state index contributed by atoms with van der Waals surface area (Å²) in [6, 6.07) is 11.4. The quantitative estimate of drug-likeness (QED) is 0.879. The van der Waals surface area contributed by atoms with Crippen LogP contribution < -0.4 is 0 Å². The maximum absolute atomic E-state index is 13.1. The number of hydrogen-bond acceptors (Lipinski definition) is 1. The van der Waals surface area contributed by atoms with Crippen LogP contribution in [0, 0.1) is 5.82 Å². The van der Waals surface area contributed by atoms with E-state index in [0.717, 1.165) is 11.1 Å². The van der Waals surface area contributed by atoms with Crippen molar-refractivity contribution in [1.29, 1.82) is 0 Å². The van der Waals surface area contributed by atoms with Crippen LogP contribution in [0.5, 0.6) is 0 Å².